The molecular formula is C15H30N2. The fourth-order valence-electron chi connectivity index (χ4n) is 4.17. The van der Waals surface area contributed by atoms with Crippen molar-refractivity contribution in [3.8, 4) is 0 Å². The first kappa shape index (κ1) is 13.4. The molecule has 2 nitrogen and oxygen atoms in total. The van der Waals surface area contributed by atoms with Gasteiger partial charge in [-0.3, -0.25) is 4.90 Å². The van der Waals surface area contributed by atoms with E-state index in [0.717, 1.165) is 6.54 Å². The van der Waals surface area contributed by atoms with Crippen LogP contribution in [0.2, 0.25) is 0 Å². The minimum atomic E-state index is 0.505. The van der Waals surface area contributed by atoms with Crippen LogP contribution in [0.1, 0.15) is 65.2 Å². The number of hydrogen-bond donors (Lipinski definition) is 1. The van der Waals surface area contributed by atoms with Gasteiger partial charge < -0.3 is 5.32 Å². The Balaban J connectivity index is 2.11. The molecule has 0 spiro atoms. The molecule has 1 saturated heterocycles. The molecule has 1 aliphatic carbocycles. The highest BCUT2D eigenvalue weighted by Gasteiger charge is 2.44. The lowest BCUT2D eigenvalue weighted by molar-refractivity contribution is 0.0359. The van der Waals surface area contributed by atoms with Crippen molar-refractivity contribution in [2.24, 2.45) is 0 Å². The molecule has 0 amide bonds. The van der Waals surface area contributed by atoms with Gasteiger partial charge in [-0.05, 0) is 51.7 Å². The molecule has 2 heteroatoms. The van der Waals surface area contributed by atoms with Crippen LogP contribution in [0.15, 0.2) is 0 Å². The summed E-state index contributed by atoms with van der Waals surface area (Å²) in [4.78, 5) is 2.85. The molecule has 1 heterocycles. The largest absolute Gasteiger partial charge is 0.312 e. The van der Waals surface area contributed by atoms with E-state index in [4.69, 9.17) is 0 Å². The van der Waals surface area contributed by atoms with Crippen molar-refractivity contribution in [2.45, 2.75) is 76.8 Å². The first-order chi connectivity index (χ1) is 8.33. The molecule has 1 atom stereocenters. The molecule has 1 unspecified atom stereocenters. The zero-order chi connectivity index (χ0) is 12.1. The first-order valence-electron chi connectivity index (χ1n) is 7.82. The molecule has 17 heavy (non-hydrogen) atoms. The van der Waals surface area contributed by atoms with Gasteiger partial charge >= 0.3 is 0 Å². The van der Waals surface area contributed by atoms with Gasteiger partial charge in [0.2, 0.25) is 0 Å². The van der Waals surface area contributed by atoms with Crippen molar-refractivity contribution in [3.63, 3.8) is 0 Å². The number of hydrogen-bond acceptors (Lipinski definition) is 2. The smallest absolute Gasteiger partial charge is 0.0362 e. The van der Waals surface area contributed by atoms with Gasteiger partial charge in [0.25, 0.3) is 0 Å². The summed E-state index contributed by atoms with van der Waals surface area (Å²) in [5, 5.41) is 3.77. The van der Waals surface area contributed by atoms with E-state index in [2.05, 4.69) is 24.1 Å². The van der Waals surface area contributed by atoms with Gasteiger partial charge in [-0.1, -0.05) is 33.1 Å². The molecule has 0 radical (unpaired) electrons. The lowest BCUT2D eigenvalue weighted by atomic mass is 9.83. The maximum absolute atomic E-state index is 3.77. The van der Waals surface area contributed by atoms with Crippen LogP contribution in [-0.4, -0.2) is 36.1 Å². The highest BCUT2D eigenvalue weighted by atomic mass is 15.2. The fourth-order valence-corrected chi connectivity index (χ4v) is 4.17. The quantitative estimate of drug-likeness (QED) is 0.791. The van der Waals surface area contributed by atoms with Crippen molar-refractivity contribution < 1.29 is 0 Å². The first-order valence-corrected chi connectivity index (χ1v) is 7.82. The van der Waals surface area contributed by atoms with Gasteiger partial charge in [0, 0.05) is 11.6 Å². The summed E-state index contributed by atoms with van der Waals surface area (Å²) < 4.78 is 0. The highest BCUT2D eigenvalue weighted by molar-refractivity contribution is 5.03. The van der Waals surface area contributed by atoms with E-state index in [9.17, 15) is 0 Å². The number of likely N-dealkylation sites (tertiary alicyclic amines) is 1. The average molecular weight is 238 g/mol. The Hall–Kier alpha value is -0.0800. The van der Waals surface area contributed by atoms with Crippen molar-refractivity contribution in [2.75, 3.05) is 19.6 Å². The summed E-state index contributed by atoms with van der Waals surface area (Å²) in [6, 6.07) is 0.716. The minimum Gasteiger partial charge on any atom is -0.312 e. The zero-order valence-corrected chi connectivity index (χ0v) is 11.8. The second-order valence-electron chi connectivity index (χ2n) is 5.88. The average Bonchev–Trinajstić information content (AvgIpc) is 2.87. The monoisotopic (exact) mass is 238 g/mol. The SMILES string of the molecule is CCNC(CC)C1(N2CCCCC2)CCCC1. The predicted octanol–water partition coefficient (Wildman–Crippen LogP) is 3.17. The maximum Gasteiger partial charge on any atom is 0.0362 e. The highest BCUT2D eigenvalue weighted by Crippen LogP contribution is 2.40. The number of piperidine rings is 1. The van der Waals surface area contributed by atoms with Gasteiger partial charge in [-0.15, -0.1) is 0 Å². The minimum absolute atomic E-state index is 0.505. The predicted molar refractivity (Wildman–Crippen MR) is 74.4 cm³/mol. The lowest BCUT2D eigenvalue weighted by Crippen LogP contribution is -2.60. The summed E-state index contributed by atoms with van der Waals surface area (Å²) in [5.74, 6) is 0. The van der Waals surface area contributed by atoms with Crippen LogP contribution in [0, 0.1) is 0 Å². The van der Waals surface area contributed by atoms with Gasteiger partial charge in [0.1, 0.15) is 0 Å². The van der Waals surface area contributed by atoms with E-state index in [-0.39, 0.29) is 0 Å². The Labute approximate surface area is 107 Å². The molecular weight excluding hydrogens is 208 g/mol. The van der Waals surface area contributed by atoms with Crippen LogP contribution in [0.5, 0.6) is 0 Å². The van der Waals surface area contributed by atoms with E-state index in [1.807, 2.05) is 0 Å². The zero-order valence-electron chi connectivity index (χ0n) is 11.8. The van der Waals surface area contributed by atoms with Crippen molar-refractivity contribution in [1.29, 1.82) is 0 Å². The van der Waals surface area contributed by atoms with Crippen molar-refractivity contribution in [1.82, 2.24) is 10.2 Å². The summed E-state index contributed by atoms with van der Waals surface area (Å²) in [6.45, 7) is 8.43. The normalized spacial score (nSPS) is 27.2. The summed E-state index contributed by atoms with van der Waals surface area (Å²) >= 11 is 0. The van der Waals surface area contributed by atoms with E-state index < -0.39 is 0 Å². The third-order valence-electron chi connectivity index (χ3n) is 4.96. The third kappa shape index (κ3) is 2.68. The van der Waals surface area contributed by atoms with E-state index in [1.165, 1.54) is 64.5 Å². The molecule has 1 saturated carbocycles. The van der Waals surface area contributed by atoms with E-state index >= 15 is 0 Å². The number of nitrogens with zero attached hydrogens (tertiary/aromatic N) is 1. The summed E-state index contributed by atoms with van der Waals surface area (Å²) in [6.07, 6.45) is 11.3. The Bertz CT molecular complexity index is 208. The van der Waals surface area contributed by atoms with Crippen LogP contribution in [0.4, 0.5) is 0 Å². The van der Waals surface area contributed by atoms with Gasteiger partial charge in [-0.2, -0.15) is 0 Å². The summed E-state index contributed by atoms with van der Waals surface area (Å²) in [5.41, 5.74) is 0.505. The topological polar surface area (TPSA) is 15.3 Å². The molecule has 2 fully saturated rings. The molecule has 2 aliphatic rings. The van der Waals surface area contributed by atoms with Gasteiger partial charge in [-0.25, -0.2) is 0 Å². The molecule has 0 bridgehead atoms. The molecule has 1 aliphatic heterocycles. The molecule has 1 N–H and O–H groups in total. The van der Waals surface area contributed by atoms with Crippen LogP contribution in [0.25, 0.3) is 0 Å². The van der Waals surface area contributed by atoms with Crippen LogP contribution in [0.3, 0.4) is 0 Å². The number of rotatable bonds is 5. The standard InChI is InChI=1S/C15H30N2/c1-3-14(16-4-2)15(10-6-7-11-15)17-12-8-5-9-13-17/h14,16H,3-13H2,1-2H3. The third-order valence-corrected chi connectivity index (χ3v) is 4.96. The van der Waals surface area contributed by atoms with Crippen molar-refractivity contribution >= 4 is 0 Å². The Morgan fingerprint density at radius 1 is 1.00 bits per heavy atom. The van der Waals surface area contributed by atoms with Crippen molar-refractivity contribution in [3.05, 3.63) is 0 Å². The molecule has 0 aromatic carbocycles. The van der Waals surface area contributed by atoms with Gasteiger partial charge in [0.05, 0.1) is 0 Å². The fraction of sp³-hybridized carbons (Fsp3) is 1.00. The molecule has 0 aromatic heterocycles. The second-order valence-corrected chi connectivity index (χ2v) is 5.88. The number of nitrogens with one attached hydrogen (secondary N) is 1. The molecule has 2 rings (SSSR count). The molecule has 0 aromatic rings. The molecule has 100 valence electrons. The number of likely N-dealkylation sites (N-methyl/N-ethyl adjacent to an activating group) is 1. The Morgan fingerprint density at radius 2 is 1.65 bits per heavy atom. The van der Waals surface area contributed by atoms with Crippen LogP contribution in [-0.2, 0) is 0 Å². The lowest BCUT2D eigenvalue weighted by Gasteiger charge is -2.48. The second kappa shape index (κ2) is 6.19. The maximum atomic E-state index is 3.77. The van der Waals surface area contributed by atoms with Crippen LogP contribution >= 0.6 is 0 Å². The summed E-state index contributed by atoms with van der Waals surface area (Å²) in [7, 11) is 0. The van der Waals surface area contributed by atoms with Gasteiger partial charge in [0.15, 0.2) is 0 Å². The Kier molecular flexibility index (Phi) is 4.87. The van der Waals surface area contributed by atoms with E-state index in [0.29, 0.717) is 11.6 Å². The van der Waals surface area contributed by atoms with Crippen LogP contribution < -0.4 is 5.32 Å². The Morgan fingerprint density at radius 3 is 2.18 bits per heavy atom. The van der Waals surface area contributed by atoms with E-state index in [1.54, 1.807) is 0 Å².